The van der Waals surface area contributed by atoms with Crippen molar-refractivity contribution >= 4 is 24.9 Å². The Morgan fingerprint density at radius 1 is 1.62 bits per heavy atom. The fourth-order valence-corrected chi connectivity index (χ4v) is 0.975. The van der Waals surface area contributed by atoms with Crippen molar-refractivity contribution in [2.75, 3.05) is 11.9 Å². The molecule has 0 aromatic heterocycles. The van der Waals surface area contributed by atoms with Gasteiger partial charge < -0.3 is 11.1 Å². The van der Waals surface area contributed by atoms with Crippen LogP contribution in [-0.2, 0) is 4.79 Å². The molecule has 2 radical (unpaired) electrons. The van der Waals surface area contributed by atoms with Gasteiger partial charge in [0.05, 0.1) is 6.54 Å². The SMILES string of the molecule is [B]c1ccc(NCC(N)=O)cc1C. The predicted molar refractivity (Wildman–Crippen MR) is 54.3 cm³/mol. The van der Waals surface area contributed by atoms with Crippen LogP contribution in [0.1, 0.15) is 5.56 Å². The summed E-state index contributed by atoms with van der Waals surface area (Å²) in [6, 6.07) is 5.47. The van der Waals surface area contributed by atoms with Crippen LogP contribution in [0.5, 0.6) is 0 Å². The van der Waals surface area contributed by atoms with Gasteiger partial charge in [-0.3, -0.25) is 4.79 Å². The lowest BCUT2D eigenvalue weighted by Crippen LogP contribution is -2.22. The largest absolute Gasteiger partial charge is 0.376 e. The molecule has 0 aliphatic heterocycles. The first-order valence-corrected chi connectivity index (χ1v) is 3.98. The molecule has 66 valence electrons. The topological polar surface area (TPSA) is 55.1 Å². The van der Waals surface area contributed by atoms with Crippen molar-refractivity contribution in [1.29, 1.82) is 0 Å². The van der Waals surface area contributed by atoms with Gasteiger partial charge in [-0.25, -0.2) is 0 Å². The molecule has 0 heterocycles. The normalized spacial score (nSPS) is 9.62. The second kappa shape index (κ2) is 3.98. The number of nitrogens with two attached hydrogens (primary N) is 1. The van der Waals surface area contributed by atoms with Crippen LogP contribution in [0.2, 0.25) is 0 Å². The van der Waals surface area contributed by atoms with Gasteiger partial charge in [-0.05, 0) is 19.1 Å². The summed E-state index contributed by atoms with van der Waals surface area (Å²) in [6.45, 7) is 2.05. The molecule has 4 heteroatoms. The van der Waals surface area contributed by atoms with E-state index in [2.05, 4.69) is 5.32 Å². The molecule has 0 aliphatic carbocycles. The molecular formula is C9H11BN2O. The third-order valence-electron chi connectivity index (χ3n) is 1.74. The van der Waals surface area contributed by atoms with Gasteiger partial charge in [0.25, 0.3) is 0 Å². The van der Waals surface area contributed by atoms with E-state index in [1.807, 2.05) is 19.1 Å². The molecule has 0 atom stereocenters. The Hall–Kier alpha value is -1.45. The van der Waals surface area contributed by atoms with Crippen molar-refractivity contribution in [3.05, 3.63) is 23.8 Å². The average Bonchev–Trinajstić information content (AvgIpc) is 2.07. The van der Waals surface area contributed by atoms with Crippen LogP contribution in [0.25, 0.3) is 0 Å². The molecule has 3 nitrogen and oxygen atoms in total. The first kappa shape index (κ1) is 9.64. The molecule has 13 heavy (non-hydrogen) atoms. The van der Waals surface area contributed by atoms with E-state index in [-0.39, 0.29) is 12.5 Å². The average molecular weight is 174 g/mol. The molecule has 0 bridgehead atoms. The fraction of sp³-hybridized carbons (Fsp3) is 0.222. The van der Waals surface area contributed by atoms with Crippen molar-refractivity contribution < 1.29 is 4.79 Å². The molecule has 3 N–H and O–H groups in total. The van der Waals surface area contributed by atoms with Crippen molar-refractivity contribution in [1.82, 2.24) is 0 Å². The van der Waals surface area contributed by atoms with E-state index in [9.17, 15) is 4.79 Å². The Morgan fingerprint density at radius 3 is 2.85 bits per heavy atom. The van der Waals surface area contributed by atoms with Crippen LogP contribution >= 0.6 is 0 Å². The Morgan fingerprint density at radius 2 is 2.31 bits per heavy atom. The van der Waals surface area contributed by atoms with Crippen molar-refractivity contribution in [3.8, 4) is 0 Å². The summed E-state index contributed by atoms with van der Waals surface area (Å²) in [6.07, 6.45) is 0. The zero-order chi connectivity index (χ0) is 9.84. The lowest BCUT2D eigenvalue weighted by Gasteiger charge is -2.06. The van der Waals surface area contributed by atoms with Crippen molar-refractivity contribution in [2.45, 2.75) is 6.92 Å². The lowest BCUT2D eigenvalue weighted by molar-refractivity contribution is -0.116. The van der Waals surface area contributed by atoms with Crippen LogP contribution in [0, 0.1) is 6.92 Å². The molecule has 0 saturated heterocycles. The van der Waals surface area contributed by atoms with Gasteiger partial charge >= 0.3 is 0 Å². The van der Waals surface area contributed by atoms with E-state index >= 15 is 0 Å². The highest BCUT2D eigenvalue weighted by Gasteiger charge is 1.96. The van der Waals surface area contributed by atoms with E-state index in [4.69, 9.17) is 13.6 Å². The molecule has 1 amide bonds. The summed E-state index contributed by atoms with van der Waals surface area (Å²) in [5.41, 5.74) is 7.56. The minimum atomic E-state index is -0.380. The zero-order valence-corrected chi connectivity index (χ0v) is 7.50. The second-order valence-electron chi connectivity index (χ2n) is 2.89. The third kappa shape index (κ3) is 2.82. The number of nitrogens with one attached hydrogen (secondary N) is 1. The summed E-state index contributed by atoms with van der Waals surface area (Å²) in [5.74, 6) is -0.380. The Kier molecular flexibility index (Phi) is 2.95. The van der Waals surface area contributed by atoms with Gasteiger partial charge in [0.15, 0.2) is 0 Å². The molecule has 1 aromatic rings. The Labute approximate surface area is 78.7 Å². The number of hydrogen-bond acceptors (Lipinski definition) is 2. The first-order valence-electron chi connectivity index (χ1n) is 3.98. The van der Waals surface area contributed by atoms with Crippen LogP contribution < -0.4 is 16.5 Å². The molecule has 0 fully saturated rings. The maximum atomic E-state index is 10.5. The summed E-state index contributed by atoms with van der Waals surface area (Å²) < 4.78 is 0. The zero-order valence-electron chi connectivity index (χ0n) is 7.50. The fourth-order valence-electron chi connectivity index (χ4n) is 0.975. The highest BCUT2D eigenvalue weighted by Crippen LogP contribution is 2.06. The van der Waals surface area contributed by atoms with Gasteiger partial charge in [-0.15, -0.1) is 0 Å². The van der Waals surface area contributed by atoms with Crippen LogP contribution in [0.4, 0.5) is 5.69 Å². The van der Waals surface area contributed by atoms with Crippen molar-refractivity contribution in [3.63, 3.8) is 0 Å². The number of primary amides is 1. The minimum absolute atomic E-state index is 0.142. The van der Waals surface area contributed by atoms with Crippen LogP contribution in [-0.4, -0.2) is 20.3 Å². The smallest absolute Gasteiger partial charge is 0.236 e. The van der Waals surface area contributed by atoms with Crippen LogP contribution in [0.15, 0.2) is 18.2 Å². The third-order valence-corrected chi connectivity index (χ3v) is 1.74. The molecule has 1 aromatic carbocycles. The number of anilines is 1. The minimum Gasteiger partial charge on any atom is -0.376 e. The van der Waals surface area contributed by atoms with Crippen molar-refractivity contribution in [2.24, 2.45) is 5.73 Å². The monoisotopic (exact) mass is 174 g/mol. The van der Waals surface area contributed by atoms with E-state index in [0.29, 0.717) is 0 Å². The second-order valence-corrected chi connectivity index (χ2v) is 2.89. The first-order chi connectivity index (χ1) is 6.09. The standard InChI is InChI=1S/C9H11BN2O/c1-6-4-7(2-3-8(6)10)12-5-9(11)13/h2-4,12H,5H2,1H3,(H2,11,13). The van der Waals surface area contributed by atoms with Crippen LogP contribution in [0.3, 0.4) is 0 Å². The molecular weight excluding hydrogens is 163 g/mol. The molecule has 0 spiro atoms. The van der Waals surface area contributed by atoms with Gasteiger partial charge in [0, 0.05) is 5.69 Å². The maximum Gasteiger partial charge on any atom is 0.236 e. The number of carbonyl (C=O) groups is 1. The molecule has 0 aliphatic rings. The van der Waals surface area contributed by atoms with Gasteiger partial charge in [-0.1, -0.05) is 17.1 Å². The van der Waals surface area contributed by atoms with Gasteiger partial charge in [0.1, 0.15) is 7.85 Å². The highest BCUT2D eigenvalue weighted by molar-refractivity contribution is 6.33. The number of benzene rings is 1. The summed E-state index contributed by atoms with van der Waals surface area (Å²) in [4.78, 5) is 10.5. The van der Waals surface area contributed by atoms with E-state index in [1.54, 1.807) is 6.07 Å². The summed E-state index contributed by atoms with van der Waals surface area (Å²) in [7, 11) is 5.63. The van der Waals surface area contributed by atoms with Gasteiger partial charge in [0.2, 0.25) is 5.91 Å². The van der Waals surface area contributed by atoms with E-state index in [0.717, 1.165) is 16.7 Å². The molecule has 1 rings (SSSR count). The number of aryl methyl sites for hydroxylation is 1. The number of rotatable bonds is 3. The predicted octanol–water partition coefficient (Wildman–Crippen LogP) is -0.314. The maximum absolute atomic E-state index is 10.5. The van der Waals surface area contributed by atoms with E-state index < -0.39 is 0 Å². The van der Waals surface area contributed by atoms with E-state index in [1.165, 1.54) is 0 Å². The number of carbonyl (C=O) groups excluding carboxylic acids is 1. The lowest BCUT2D eigenvalue weighted by atomic mass is 9.91. The molecule has 0 unspecified atom stereocenters. The highest BCUT2D eigenvalue weighted by atomic mass is 16.1. The Balaban J connectivity index is 2.68. The number of amides is 1. The summed E-state index contributed by atoms with van der Waals surface area (Å²) >= 11 is 0. The Bertz CT molecular complexity index is 325. The molecule has 0 saturated carbocycles. The summed E-state index contributed by atoms with van der Waals surface area (Å²) in [5, 5.41) is 2.88. The quantitative estimate of drug-likeness (QED) is 0.617. The number of hydrogen-bond donors (Lipinski definition) is 2. The van der Waals surface area contributed by atoms with Gasteiger partial charge in [-0.2, -0.15) is 0 Å².